The van der Waals surface area contributed by atoms with E-state index >= 15 is 0 Å². The first-order valence-corrected chi connectivity index (χ1v) is 26.7. The van der Waals surface area contributed by atoms with Crippen LogP contribution in [0.15, 0.2) is 271 Å². The van der Waals surface area contributed by atoms with Crippen molar-refractivity contribution in [2.24, 2.45) is 9.98 Å². The number of hydrogen-bond acceptors (Lipinski definition) is 5. The average molecular weight is 996 g/mol. The molecule has 366 valence electrons. The minimum absolute atomic E-state index is 0.287. The molecule has 2 N–H and O–H groups in total. The topological polar surface area (TPSA) is 61.7 Å². The van der Waals surface area contributed by atoms with Gasteiger partial charge in [-0.15, -0.1) is 0 Å². The maximum Gasteiger partial charge on any atom is 0.159 e. The minimum atomic E-state index is -0.287. The summed E-state index contributed by atoms with van der Waals surface area (Å²) < 4.78 is 0. The Morgan fingerprint density at radius 2 is 0.859 bits per heavy atom. The SMILES string of the molecule is C1=Cc2c(c(-c3cccc4c(-c5cc(-c6cccc(-c7cccc(C8=NC(c9ccccc9)=NC(c9ccccc9)N8)c7)c6)cc(-c6cccc7c8ccccc8c8ccccc8c67)c5)cccc34)nc3ccccc23)CN1. The number of fused-ring (bicyclic) bond motifs is 10. The van der Waals surface area contributed by atoms with Gasteiger partial charge in [0.05, 0.1) is 11.2 Å². The van der Waals surface area contributed by atoms with Gasteiger partial charge in [-0.25, -0.2) is 15.0 Å². The summed E-state index contributed by atoms with van der Waals surface area (Å²) in [4.78, 5) is 15.7. The molecule has 5 nitrogen and oxygen atoms in total. The van der Waals surface area contributed by atoms with Crippen LogP contribution in [0, 0.1) is 0 Å². The summed E-state index contributed by atoms with van der Waals surface area (Å²) in [6.07, 6.45) is 3.97. The Balaban J connectivity index is 0.902. The van der Waals surface area contributed by atoms with Gasteiger partial charge in [0.15, 0.2) is 5.84 Å². The molecule has 3 heterocycles. The molecule has 0 bridgehead atoms. The normalized spacial score (nSPS) is 14.0. The maximum absolute atomic E-state index is 5.40. The predicted molar refractivity (Wildman–Crippen MR) is 327 cm³/mol. The van der Waals surface area contributed by atoms with Crippen molar-refractivity contribution >= 4 is 71.7 Å². The van der Waals surface area contributed by atoms with Crippen LogP contribution in [-0.4, -0.2) is 16.7 Å². The fraction of sp³-hybridized carbons (Fsp3) is 0.0274. The fourth-order valence-electron chi connectivity index (χ4n) is 12.1. The summed E-state index contributed by atoms with van der Waals surface area (Å²) in [5.74, 6) is 1.49. The van der Waals surface area contributed by atoms with Gasteiger partial charge in [0.1, 0.15) is 12.0 Å². The molecule has 12 aromatic carbocycles. The summed E-state index contributed by atoms with van der Waals surface area (Å²) >= 11 is 0. The molecule has 0 saturated carbocycles. The van der Waals surface area contributed by atoms with Crippen LogP contribution in [0.25, 0.3) is 116 Å². The third-order valence-electron chi connectivity index (χ3n) is 15.7. The number of pyridine rings is 1. The van der Waals surface area contributed by atoms with Gasteiger partial charge >= 0.3 is 0 Å². The van der Waals surface area contributed by atoms with E-state index < -0.39 is 0 Å². The van der Waals surface area contributed by atoms with Crippen molar-refractivity contribution in [2.45, 2.75) is 12.7 Å². The molecular formula is C73H49N5. The van der Waals surface area contributed by atoms with Gasteiger partial charge in [0.25, 0.3) is 0 Å². The van der Waals surface area contributed by atoms with Gasteiger partial charge in [-0.3, -0.25) is 0 Å². The molecule has 2 aliphatic heterocycles. The summed E-state index contributed by atoms with van der Waals surface area (Å²) in [7, 11) is 0. The molecule has 0 aliphatic carbocycles. The Hall–Kier alpha value is -10.2. The lowest BCUT2D eigenvalue weighted by Gasteiger charge is -2.24. The molecule has 2 aliphatic rings. The fourth-order valence-corrected chi connectivity index (χ4v) is 12.1. The van der Waals surface area contributed by atoms with E-state index in [9.17, 15) is 0 Å². The minimum Gasteiger partial charge on any atom is -0.387 e. The average Bonchev–Trinajstić information content (AvgIpc) is 3.71. The predicted octanol–water partition coefficient (Wildman–Crippen LogP) is 17.8. The molecule has 13 aromatic rings. The summed E-state index contributed by atoms with van der Waals surface area (Å²) in [6.45, 7) is 0.712. The molecule has 1 aromatic heterocycles. The van der Waals surface area contributed by atoms with E-state index in [1.54, 1.807) is 0 Å². The molecule has 0 spiro atoms. The lowest BCUT2D eigenvalue weighted by atomic mass is 9.86. The van der Waals surface area contributed by atoms with Crippen LogP contribution < -0.4 is 10.6 Å². The number of nitrogens with one attached hydrogen (secondary N) is 2. The second-order valence-electron chi connectivity index (χ2n) is 20.3. The Morgan fingerprint density at radius 1 is 0.372 bits per heavy atom. The van der Waals surface area contributed by atoms with Crippen LogP contribution in [0.5, 0.6) is 0 Å². The van der Waals surface area contributed by atoms with Crippen molar-refractivity contribution < 1.29 is 0 Å². The van der Waals surface area contributed by atoms with E-state index in [2.05, 4.69) is 253 Å². The highest BCUT2D eigenvalue weighted by atomic mass is 15.2. The summed E-state index contributed by atoms with van der Waals surface area (Å²) in [5, 5.41) is 18.2. The third-order valence-corrected chi connectivity index (χ3v) is 15.7. The summed E-state index contributed by atoms with van der Waals surface area (Å²) in [5.41, 5.74) is 17.7. The molecule has 1 atom stereocenters. The van der Waals surface area contributed by atoms with E-state index in [1.165, 1.54) is 65.2 Å². The second-order valence-corrected chi connectivity index (χ2v) is 20.3. The number of amidine groups is 2. The van der Waals surface area contributed by atoms with Gasteiger partial charge in [-0.05, 0) is 147 Å². The van der Waals surface area contributed by atoms with Crippen molar-refractivity contribution in [1.29, 1.82) is 0 Å². The smallest absolute Gasteiger partial charge is 0.159 e. The van der Waals surface area contributed by atoms with Crippen molar-refractivity contribution in [1.82, 2.24) is 15.6 Å². The Labute approximate surface area is 452 Å². The van der Waals surface area contributed by atoms with Gasteiger partial charge in [-0.2, -0.15) is 0 Å². The van der Waals surface area contributed by atoms with Crippen molar-refractivity contribution in [2.75, 3.05) is 0 Å². The molecule has 15 rings (SSSR count). The molecule has 0 saturated heterocycles. The van der Waals surface area contributed by atoms with Crippen molar-refractivity contribution in [3.8, 4) is 55.8 Å². The number of benzene rings is 12. The van der Waals surface area contributed by atoms with Crippen LogP contribution >= 0.6 is 0 Å². The third kappa shape index (κ3) is 7.83. The molecule has 1 unspecified atom stereocenters. The highest BCUT2D eigenvalue weighted by Crippen LogP contribution is 2.45. The van der Waals surface area contributed by atoms with E-state index in [4.69, 9.17) is 15.0 Å². The van der Waals surface area contributed by atoms with Gasteiger partial charge in [-0.1, -0.05) is 218 Å². The van der Waals surface area contributed by atoms with Crippen LogP contribution in [0.2, 0.25) is 0 Å². The van der Waals surface area contributed by atoms with Crippen LogP contribution in [0.1, 0.15) is 34.0 Å². The standard InChI is InChI=1S/C73H49N5/c1-3-18-46(19-4-1)71-76-72(47-20-5-2-6-21-47)78-73(77-71)51-25-14-23-49(41-51)48-22-13-24-50(40-48)52-42-53(44-54(43-52)56-32-16-35-65-60-27-8-7-26-58(60)59-28-9-10-30-64(59)69(56)65)55-31-15-34-61-57(55)33-17-36-66(61)70-67-45-74-39-38-62(67)63-29-11-12-37-68(63)75-70/h1-44,71,74H,45H2,(H,76,77,78). The van der Waals surface area contributed by atoms with E-state index in [0.29, 0.717) is 12.4 Å². The van der Waals surface area contributed by atoms with Crippen molar-refractivity contribution in [3.05, 3.63) is 289 Å². The monoisotopic (exact) mass is 995 g/mol. The molecular weight excluding hydrogens is 947 g/mol. The molecule has 0 radical (unpaired) electrons. The number of nitrogens with zero attached hydrogens (tertiary/aromatic N) is 3. The van der Waals surface area contributed by atoms with E-state index in [-0.39, 0.29) is 6.17 Å². The maximum atomic E-state index is 5.40. The first kappa shape index (κ1) is 45.2. The number of hydrogen-bond donors (Lipinski definition) is 2. The number of aliphatic imine (C=N–C) groups is 2. The number of rotatable bonds is 8. The number of para-hydroxylation sites is 1. The van der Waals surface area contributed by atoms with Crippen LogP contribution in [0.3, 0.4) is 0 Å². The molecule has 0 fully saturated rings. The molecule has 5 heteroatoms. The molecule has 0 amide bonds. The first-order valence-electron chi connectivity index (χ1n) is 26.7. The lowest BCUT2D eigenvalue weighted by Crippen LogP contribution is -2.33. The van der Waals surface area contributed by atoms with Crippen LogP contribution in [-0.2, 0) is 6.54 Å². The van der Waals surface area contributed by atoms with Gasteiger partial charge in [0.2, 0.25) is 0 Å². The highest BCUT2D eigenvalue weighted by Gasteiger charge is 2.23. The largest absolute Gasteiger partial charge is 0.387 e. The van der Waals surface area contributed by atoms with Crippen LogP contribution in [0.4, 0.5) is 0 Å². The first-order chi connectivity index (χ1) is 38.7. The van der Waals surface area contributed by atoms with Gasteiger partial charge in [0, 0.05) is 34.2 Å². The zero-order valence-electron chi connectivity index (χ0n) is 42.5. The van der Waals surface area contributed by atoms with E-state index in [1.807, 2.05) is 24.3 Å². The zero-order valence-corrected chi connectivity index (χ0v) is 42.5. The Bertz CT molecular complexity index is 4600. The number of aromatic nitrogens is 1. The zero-order chi connectivity index (χ0) is 51.5. The van der Waals surface area contributed by atoms with Crippen molar-refractivity contribution in [3.63, 3.8) is 0 Å². The van der Waals surface area contributed by atoms with Gasteiger partial charge < -0.3 is 10.6 Å². The highest BCUT2D eigenvalue weighted by molar-refractivity contribution is 6.28. The Morgan fingerprint density at radius 3 is 1.59 bits per heavy atom. The molecule has 78 heavy (non-hydrogen) atoms. The van der Waals surface area contributed by atoms with E-state index in [0.717, 1.165) is 78.2 Å². The Kier molecular flexibility index (Phi) is 10.9. The summed E-state index contributed by atoms with van der Waals surface area (Å²) in [6, 6.07) is 92.1. The quantitative estimate of drug-likeness (QED) is 0.149. The second kappa shape index (κ2) is 18.9. The lowest BCUT2D eigenvalue weighted by molar-refractivity contribution is 0.674.